The Kier molecular flexibility index (Phi) is 2.74. The molecule has 0 atom stereocenters. The van der Waals surface area contributed by atoms with Crippen LogP contribution in [0.5, 0.6) is 5.75 Å². The molecular weight excluding hydrogens is 244 g/mol. The molecule has 1 aliphatic rings. The molecule has 3 rings (SSSR count). The highest BCUT2D eigenvalue weighted by Crippen LogP contribution is 2.36. The third-order valence-electron chi connectivity index (χ3n) is 3.38. The first-order valence-electron chi connectivity index (χ1n) is 6.21. The van der Waals surface area contributed by atoms with Gasteiger partial charge >= 0.3 is 0 Å². The normalized spacial score (nSPS) is 14.3. The lowest BCUT2D eigenvalue weighted by molar-refractivity contribution is 0.0956. The fraction of sp³-hybridized carbons (Fsp3) is 0.286. The summed E-state index contributed by atoms with van der Waals surface area (Å²) in [6.07, 6.45) is 3.00. The fourth-order valence-electron chi connectivity index (χ4n) is 2.46. The highest BCUT2D eigenvalue weighted by molar-refractivity contribution is 6.06. The molecule has 2 heterocycles. The van der Waals surface area contributed by atoms with Crippen molar-refractivity contribution < 1.29 is 14.3 Å². The zero-order valence-electron chi connectivity index (χ0n) is 10.6. The largest absolute Gasteiger partial charge is 0.506 e. The van der Waals surface area contributed by atoms with Crippen LogP contribution < -0.4 is 4.90 Å². The number of rotatable bonds is 1. The van der Waals surface area contributed by atoms with E-state index >= 15 is 0 Å². The van der Waals surface area contributed by atoms with Crippen LogP contribution in [0, 0.1) is 6.92 Å². The average molecular weight is 258 g/mol. The number of para-hydroxylation sites is 1. The van der Waals surface area contributed by atoms with E-state index in [0.717, 1.165) is 18.4 Å². The number of hydrogen-bond acceptors (Lipinski definition) is 4. The maximum atomic E-state index is 12.5. The molecule has 98 valence electrons. The van der Waals surface area contributed by atoms with Gasteiger partial charge < -0.3 is 14.4 Å². The molecule has 1 aromatic heterocycles. The summed E-state index contributed by atoms with van der Waals surface area (Å²) in [4.78, 5) is 18.0. The van der Waals surface area contributed by atoms with Crippen LogP contribution in [0.2, 0.25) is 0 Å². The summed E-state index contributed by atoms with van der Waals surface area (Å²) in [6.45, 7) is 2.30. The van der Waals surface area contributed by atoms with Gasteiger partial charge in [-0.15, -0.1) is 0 Å². The number of aromatic hydroxyl groups is 1. The molecule has 5 heteroatoms. The third-order valence-corrected chi connectivity index (χ3v) is 3.38. The number of oxazole rings is 1. The van der Waals surface area contributed by atoms with Gasteiger partial charge in [-0.1, -0.05) is 12.1 Å². The maximum absolute atomic E-state index is 12.5. The van der Waals surface area contributed by atoms with E-state index in [2.05, 4.69) is 4.98 Å². The molecule has 0 spiro atoms. The molecular formula is C14H14N2O3. The topological polar surface area (TPSA) is 66.6 Å². The van der Waals surface area contributed by atoms with Crippen molar-refractivity contribution in [2.24, 2.45) is 0 Å². The minimum absolute atomic E-state index is 0.128. The van der Waals surface area contributed by atoms with Gasteiger partial charge in [-0.3, -0.25) is 4.79 Å². The van der Waals surface area contributed by atoms with Crippen LogP contribution in [-0.4, -0.2) is 22.5 Å². The number of phenolic OH excluding ortho intramolecular Hbond substituents is 1. The Hall–Kier alpha value is -2.30. The molecule has 0 unspecified atom stereocenters. The Balaban J connectivity index is 2.05. The van der Waals surface area contributed by atoms with Gasteiger partial charge in [-0.25, -0.2) is 4.98 Å². The molecule has 2 aromatic rings. The van der Waals surface area contributed by atoms with Gasteiger partial charge in [-0.2, -0.15) is 0 Å². The number of phenols is 1. The maximum Gasteiger partial charge on any atom is 0.296 e. The van der Waals surface area contributed by atoms with Crippen LogP contribution in [-0.2, 0) is 6.42 Å². The Morgan fingerprint density at radius 3 is 3.05 bits per heavy atom. The summed E-state index contributed by atoms with van der Waals surface area (Å²) in [6, 6.07) is 5.32. The Labute approximate surface area is 110 Å². The predicted octanol–water partition coefficient (Wildman–Crippen LogP) is 2.28. The first-order valence-corrected chi connectivity index (χ1v) is 6.21. The van der Waals surface area contributed by atoms with Crippen LogP contribution in [0.1, 0.15) is 28.2 Å². The van der Waals surface area contributed by atoms with Crippen LogP contribution >= 0.6 is 0 Å². The first kappa shape index (κ1) is 11.8. The smallest absolute Gasteiger partial charge is 0.296 e. The summed E-state index contributed by atoms with van der Waals surface area (Å²) < 4.78 is 5.15. The van der Waals surface area contributed by atoms with Crippen molar-refractivity contribution >= 4 is 11.6 Å². The lowest BCUT2D eigenvalue weighted by atomic mass is 10.0. The first-order chi connectivity index (χ1) is 9.18. The fourth-order valence-corrected chi connectivity index (χ4v) is 2.46. The van der Waals surface area contributed by atoms with Crippen LogP contribution in [0.25, 0.3) is 0 Å². The van der Waals surface area contributed by atoms with Crippen LogP contribution in [0.15, 0.2) is 29.0 Å². The van der Waals surface area contributed by atoms with Crippen LogP contribution in [0.4, 0.5) is 5.69 Å². The molecule has 0 radical (unpaired) electrons. The average Bonchev–Trinajstić information content (AvgIpc) is 2.84. The van der Waals surface area contributed by atoms with Gasteiger partial charge in [-0.05, 0) is 31.4 Å². The van der Waals surface area contributed by atoms with Crippen molar-refractivity contribution in [2.75, 3.05) is 11.4 Å². The zero-order valence-corrected chi connectivity index (χ0v) is 10.6. The molecule has 5 nitrogen and oxygen atoms in total. The molecule has 0 aliphatic carbocycles. The SMILES string of the molecule is Cc1ncoc1C(=O)N1CCCc2cccc(O)c21. The van der Waals surface area contributed by atoms with E-state index in [0.29, 0.717) is 17.9 Å². The van der Waals surface area contributed by atoms with Crippen molar-refractivity contribution in [1.29, 1.82) is 0 Å². The second kappa shape index (κ2) is 4.42. The number of hydrogen-bond donors (Lipinski definition) is 1. The predicted molar refractivity (Wildman–Crippen MR) is 69.3 cm³/mol. The van der Waals surface area contributed by atoms with Crippen LogP contribution in [0.3, 0.4) is 0 Å². The minimum atomic E-state index is -0.252. The molecule has 0 saturated heterocycles. The summed E-state index contributed by atoms with van der Waals surface area (Å²) in [5.74, 6) is 0.108. The number of anilines is 1. The van der Waals surface area contributed by atoms with Gasteiger partial charge in [0.15, 0.2) is 6.39 Å². The van der Waals surface area contributed by atoms with Crippen molar-refractivity contribution in [1.82, 2.24) is 4.98 Å². The summed E-state index contributed by atoms with van der Waals surface area (Å²) >= 11 is 0. The number of aromatic nitrogens is 1. The van der Waals surface area contributed by atoms with Gasteiger partial charge in [0, 0.05) is 6.54 Å². The lowest BCUT2D eigenvalue weighted by Crippen LogP contribution is -2.35. The van der Waals surface area contributed by atoms with E-state index in [9.17, 15) is 9.90 Å². The second-order valence-corrected chi connectivity index (χ2v) is 4.61. The second-order valence-electron chi connectivity index (χ2n) is 4.61. The van der Waals surface area contributed by atoms with Crippen molar-refractivity contribution in [3.63, 3.8) is 0 Å². The zero-order chi connectivity index (χ0) is 13.4. The third kappa shape index (κ3) is 1.87. The van der Waals surface area contributed by atoms with E-state index < -0.39 is 0 Å². The quantitative estimate of drug-likeness (QED) is 0.852. The Morgan fingerprint density at radius 2 is 2.32 bits per heavy atom. The molecule has 0 bridgehead atoms. The van der Waals surface area contributed by atoms with Gasteiger partial charge in [0.05, 0.1) is 11.4 Å². The van der Waals surface area contributed by atoms with E-state index in [1.54, 1.807) is 24.0 Å². The number of nitrogens with zero attached hydrogens (tertiary/aromatic N) is 2. The number of carbonyl (C=O) groups excluding carboxylic acids is 1. The Bertz CT molecular complexity index is 633. The van der Waals surface area contributed by atoms with Gasteiger partial charge in [0.25, 0.3) is 5.91 Å². The van der Waals surface area contributed by atoms with E-state index in [4.69, 9.17) is 4.42 Å². The monoisotopic (exact) mass is 258 g/mol. The van der Waals surface area contributed by atoms with Gasteiger partial charge in [0.1, 0.15) is 5.75 Å². The Morgan fingerprint density at radius 1 is 1.47 bits per heavy atom. The standard InChI is InChI=1S/C14H14N2O3/c1-9-13(19-8-15-9)14(18)16-7-3-5-10-4-2-6-11(17)12(10)16/h2,4,6,8,17H,3,5,7H2,1H3. The van der Waals surface area contributed by atoms with E-state index in [1.165, 1.54) is 6.39 Å². The number of carbonyl (C=O) groups is 1. The number of benzene rings is 1. The van der Waals surface area contributed by atoms with E-state index in [-0.39, 0.29) is 17.4 Å². The summed E-state index contributed by atoms with van der Waals surface area (Å²) in [5, 5.41) is 10.0. The number of amides is 1. The van der Waals surface area contributed by atoms with E-state index in [1.807, 2.05) is 6.07 Å². The molecule has 19 heavy (non-hydrogen) atoms. The van der Waals surface area contributed by atoms with Crippen molar-refractivity contribution in [3.05, 3.63) is 41.6 Å². The molecule has 0 saturated carbocycles. The summed E-state index contributed by atoms with van der Waals surface area (Å²) in [5.41, 5.74) is 2.14. The molecule has 1 amide bonds. The number of fused-ring (bicyclic) bond motifs is 1. The van der Waals surface area contributed by atoms with Crippen molar-refractivity contribution in [3.8, 4) is 5.75 Å². The molecule has 1 aromatic carbocycles. The van der Waals surface area contributed by atoms with Crippen molar-refractivity contribution in [2.45, 2.75) is 19.8 Å². The molecule has 0 fully saturated rings. The lowest BCUT2D eigenvalue weighted by Gasteiger charge is -2.29. The minimum Gasteiger partial charge on any atom is -0.506 e. The molecule has 1 aliphatic heterocycles. The number of aryl methyl sites for hydroxylation is 2. The molecule has 1 N–H and O–H groups in total. The highest BCUT2D eigenvalue weighted by Gasteiger charge is 2.29. The highest BCUT2D eigenvalue weighted by atomic mass is 16.3. The van der Waals surface area contributed by atoms with Gasteiger partial charge in [0.2, 0.25) is 5.76 Å². The summed E-state index contributed by atoms with van der Waals surface area (Å²) in [7, 11) is 0.